The Morgan fingerprint density at radius 2 is 1.95 bits per heavy atom. The van der Waals surface area contributed by atoms with Gasteiger partial charge in [0, 0.05) is 18.8 Å². The summed E-state index contributed by atoms with van der Waals surface area (Å²) in [7, 11) is 0. The second kappa shape index (κ2) is 7.90. The number of amides is 2. The molecule has 0 atom stereocenters. The number of benzene rings is 1. The number of rotatable bonds is 4. The molecule has 0 radical (unpaired) electrons. The van der Waals surface area contributed by atoms with E-state index in [-0.39, 0.29) is 6.03 Å². The number of likely N-dealkylation sites (tertiary alicyclic amines) is 1. The molecule has 1 fully saturated rings. The van der Waals surface area contributed by atoms with E-state index in [4.69, 9.17) is 0 Å². The molecule has 0 bridgehead atoms. The van der Waals surface area contributed by atoms with Crippen LogP contribution >= 0.6 is 0 Å². The first-order chi connectivity index (χ1) is 9.74. The molecule has 1 aliphatic rings. The Morgan fingerprint density at radius 1 is 1.20 bits per heavy atom. The molecule has 110 valence electrons. The molecule has 20 heavy (non-hydrogen) atoms. The summed E-state index contributed by atoms with van der Waals surface area (Å²) >= 11 is 0. The number of hydrogen-bond acceptors (Lipinski definition) is 2. The maximum Gasteiger partial charge on any atom is 0.319 e. The smallest absolute Gasteiger partial charge is 0.319 e. The van der Waals surface area contributed by atoms with Crippen molar-refractivity contribution >= 4 is 11.7 Å². The fourth-order valence-corrected chi connectivity index (χ4v) is 2.59. The van der Waals surface area contributed by atoms with Gasteiger partial charge in [-0.15, -0.1) is 0 Å². The zero-order valence-corrected chi connectivity index (χ0v) is 12.3. The third kappa shape index (κ3) is 5.21. The number of carbonyl (C=O) groups is 1. The average molecular weight is 275 g/mol. The molecule has 0 aliphatic carbocycles. The molecule has 1 aromatic carbocycles. The van der Waals surface area contributed by atoms with Gasteiger partial charge in [-0.1, -0.05) is 25.0 Å². The van der Waals surface area contributed by atoms with Crippen molar-refractivity contribution in [1.82, 2.24) is 10.2 Å². The third-order valence-corrected chi connectivity index (χ3v) is 3.69. The Kier molecular flexibility index (Phi) is 5.87. The minimum Gasteiger partial charge on any atom is -0.337 e. The lowest BCUT2D eigenvalue weighted by Gasteiger charge is -2.19. The molecule has 2 amide bonds. The first kappa shape index (κ1) is 14.9. The quantitative estimate of drug-likeness (QED) is 0.887. The Labute approximate surface area is 121 Å². The van der Waals surface area contributed by atoms with Crippen molar-refractivity contribution in [2.45, 2.75) is 32.6 Å². The van der Waals surface area contributed by atoms with Crippen LogP contribution in [0.5, 0.6) is 0 Å². The predicted molar refractivity (Wildman–Crippen MR) is 83.1 cm³/mol. The van der Waals surface area contributed by atoms with Crippen molar-refractivity contribution in [2.75, 3.05) is 31.5 Å². The van der Waals surface area contributed by atoms with Gasteiger partial charge in [0.15, 0.2) is 0 Å². The first-order valence-corrected chi connectivity index (χ1v) is 7.58. The highest BCUT2D eigenvalue weighted by molar-refractivity contribution is 5.89. The normalized spacial score (nSPS) is 16.4. The number of nitrogens with zero attached hydrogens (tertiary/aromatic N) is 1. The number of anilines is 1. The lowest BCUT2D eigenvalue weighted by Crippen LogP contribution is -2.37. The molecule has 1 aromatic rings. The lowest BCUT2D eigenvalue weighted by atomic mass is 10.2. The van der Waals surface area contributed by atoms with Gasteiger partial charge in [0.05, 0.1) is 0 Å². The Morgan fingerprint density at radius 3 is 2.65 bits per heavy atom. The van der Waals surface area contributed by atoms with Crippen molar-refractivity contribution in [1.29, 1.82) is 0 Å². The molecule has 4 nitrogen and oxygen atoms in total. The van der Waals surface area contributed by atoms with E-state index in [1.807, 2.05) is 31.2 Å². The average Bonchev–Trinajstić information content (AvgIpc) is 2.67. The van der Waals surface area contributed by atoms with E-state index in [9.17, 15) is 4.79 Å². The van der Waals surface area contributed by atoms with Gasteiger partial charge in [0.1, 0.15) is 0 Å². The maximum atomic E-state index is 11.8. The molecule has 0 unspecified atom stereocenters. The third-order valence-electron chi connectivity index (χ3n) is 3.69. The van der Waals surface area contributed by atoms with Gasteiger partial charge in [-0.05, 0) is 50.6 Å². The predicted octanol–water partition coefficient (Wildman–Crippen LogP) is 2.99. The number of nitrogens with one attached hydrogen (secondary N) is 2. The fraction of sp³-hybridized carbons (Fsp3) is 0.562. The van der Waals surface area contributed by atoms with Crippen LogP contribution in [0.15, 0.2) is 24.3 Å². The van der Waals surface area contributed by atoms with Crippen LogP contribution in [-0.2, 0) is 0 Å². The molecule has 0 aromatic heterocycles. The molecule has 1 aliphatic heterocycles. The highest BCUT2D eigenvalue weighted by Gasteiger charge is 2.09. The van der Waals surface area contributed by atoms with Crippen LogP contribution in [-0.4, -0.2) is 37.1 Å². The second-order valence-electron chi connectivity index (χ2n) is 5.51. The summed E-state index contributed by atoms with van der Waals surface area (Å²) in [4.78, 5) is 14.2. The zero-order valence-electron chi connectivity index (χ0n) is 12.3. The van der Waals surface area contributed by atoms with Gasteiger partial charge in [-0.3, -0.25) is 0 Å². The number of urea groups is 1. The van der Waals surface area contributed by atoms with Gasteiger partial charge in [0.25, 0.3) is 0 Å². The van der Waals surface area contributed by atoms with Gasteiger partial charge in [0.2, 0.25) is 0 Å². The monoisotopic (exact) mass is 275 g/mol. The minimum absolute atomic E-state index is 0.120. The number of hydrogen-bond donors (Lipinski definition) is 2. The standard InChI is InChI=1S/C16H25N3O/c1-14-7-6-8-15(13-14)18-16(20)17-9-12-19-10-4-2-3-5-11-19/h6-8,13H,2-5,9-12H2,1H3,(H2,17,18,20). The molecule has 1 saturated heterocycles. The van der Waals surface area contributed by atoms with Crippen molar-refractivity contribution in [3.8, 4) is 0 Å². The molecule has 2 rings (SSSR count). The number of aryl methyl sites for hydroxylation is 1. The topological polar surface area (TPSA) is 44.4 Å². The van der Waals surface area contributed by atoms with E-state index in [1.54, 1.807) is 0 Å². The van der Waals surface area contributed by atoms with E-state index < -0.39 is 0 Å². The zero-order chi connectivity index (χ0) is 14.2. The van der Waals surface area contributed by atoms with Crippen LogP contribution < -0.4 is 10.6 Å². The summed E-state index contributed by atoms with van der Waals surface area (Å²) in [5.74, 6) is 0. The van der Waals surface area contributed by atoms with E-state index in [0.717, 1.165) is 17.8 Å². The summed E-state index contributed by atoms with van der Waals surface area (Å²) in [6.45, 7) is 6.00. The van der Waals surface area contributed by atoms with Crippen LogP contribution in [0.3, 0.4) is 0 Å². The van der Waals surface area contributed by atoms with Crippen LogP contribution in [0, 0.1) is 6.92 Å². The molecular formula is C16H25N3O. The molecule has 0 saturated carbocycles. The van der Waals surface area contributed by atoms with Crippen molar-refractivity contribution < 1.29 is 4.79 Å². The largest absolute Gasteiger partial charge is 0.337 e. The summed E-state index contributed by atoms with van der Waals surface area (Å²) in [5.41, 5.74) is 1.99. The lowest BCUT2D eigenvalue weighted by molar-refractivity contribution is 0.246. The minimum atomic E-state index is -0.120. The molecule has 1 heterocycles. The Hall–Kier alpha value is -1.55. The Bertz CT molecular complexity index is 425. The fourth-order valence-electron chi connectivity index (χ4n) is 2.59. The second-order valence-corrected chi connectivity index (χ2v) is 5.51. The summed E-state index contributed by atoms with van der Waals surface area (Å²) in [5, 5.41) is 5.79. The summed E-state index contributed by atoms with van der Waals surface area (Å²) in [6.07, 6.45) is 5.26. The van der Waals surface area contributed by atoms with Crippen molar-refractivity contribution in [2.24, 2.45) is 0 Å². The molecule has 0 spiro atoms. The van der Waals surface area contributed by atoms with Gasteiger partial charge >= 0.3 is 6.03 Å². The SMILES string of the molecule is Cc1cccc(NC(=O)NCCN2CCCCCC2)c1. The number of carbonyl (C=O) groups excluding carboxylic acids is 1. The molecule has 4 heteroatoms. The van der Waals surface area contributed by atoms with Crippen LogP contribution in [0.1, 0.15) is 31.2 Å². The van der Waals surface area contributed by atoms with E-state index >= 15 is 0 Å². The highest BCUT2D eigenvalue weighted by Crippen LogP contribution is 2.10. The maximum absolute atomic E-state index is 11.8. The van der Waals surface area contributed by atoms with E-state index in [0.29, 0.717) is 6.54 Å². The van der Waals surface area contributed by atoms with Crippen molar-refractivity contribution in [3.63, 3.8) is 0 Å². The molecular weight excluding hydrogens is 250 g/mol. The van der Waals surface area contributed by atoms with Gasteiger partial charge < -0.3 is 15.5 Å². The Balaban J connectivity index is 1.67. The first-order valence-electron chi connectivity index (χ1n) is 7.58. The van der Waals surface area contributed by atoms with E-state index in [1.165, 1.54) is 38.8 Å². The van der Waals surface area contributed by atoms with Crippen LogP contribution in [0.2, 0.25) is 0 Å². The van der Waals surface area contributed by atoms with E-state index in [2.05, 4.69) is 15.5 Å². The summed E-state index contributed by atoms with van der Waals surface area (Å²) in [6, 6.07) is 7.71. The highest BCUT2D eigenvalue weighted by atomic mass is 16.2. The summed E-state index contributed by atoms with van der Waals surface area (Å²) < 4.78 is 0. The molecule has 2 N–H and O–H groups in total. The van der Waals surface area contributed by atoms with Gasteiger partial charge in [-0.25, -0.2) is 4.79 Å². The van der Waals surface area contributed by atoms with Gasteiger partial charge in [-0.2, -0.15) is 0 Å². The van der Waals surface area contributed by atoms with Crippen molar-refractivity contribution in [3.05, 3.63) is 29.8 Å². The van der Waals surface area contributed by atoms with Crippen LogP contribution in [0.25, 0.3) is 0 Å². The van der Waals surface area contributed by atoms with Crippen LogP contribution in [0.4, 0.5) is 10.5 Å².